The van der Waals surface area contributed by atoms with E-state index in [4.69, 9.17) is 4.74 Å². The summed E-state index contributed by atoms with van der Waals surface area (Å²) in [6, 6.07) is 8.94. The van der Waals surface area contributed by atoms with Crippen LogP contribution in [-0.4, -0.2) is 35.1 Å². The molecule has 0 saturated carbocycles. The first-order chi connectivity index (χ1) is 14.0. The van der Waals surface area contributed by atoms with Crippen LogP contribution in [0.4, 0.5) is 5.69 Å². The Labute approximate surface area is 170 Å². The third kappa shape index (κ3) is 3.61. The van der Waals surface area contributed by atoms with Crippen LogP contribution in [0.25, 0.3) is 10.2 Å². The Morgan fingerprint density at radius 3 is 2.93 bits per heavy atom. The maximum atomic E-state index is 12.7. The van der Waals surface area contributed by atoms with Crippen molar-refractivity contribution in [2.24, 2.45) is 5.92 Å². The number of thiophene rings is 1. The van der Waals surface area contributed by atoms with E-state index in [0.717, 1.165) is 16.0 Å². The molecule has 1 atom stereocenters. The van der Waals surface area contributed by atoms with Gasteiger partial charge in [0.15, 0.2) is 0 Å². The lowest BCUT2D eigenvalue weighted by Gasteiger charge is -2.17. The van der Waals surface area contributed by atoms with E-state index in [-0.39, 0.29) is 24.4 Å². The summed E-state index contributed by atoms with van der Waals surface area (Å²) in [7, 11) is 1.56. The molecule has 4 rings (SSSR count). The van der Waals surface area contributed by atoms with Gasteiger partial charge in [0, 0.05) is 29.6 Å². The molecule has 0 aliphatic carbocycles. The Balaban J connectivity index is 1.52. The van der Waals surface area contributed by atoms with E-state index in [2.05, 4.69) is 10.4 Å². The minimum absolute atomic E-state index is 0.0753. The molecule has 29 heavy (non-hydrogen) atoms. The van der Waals surface area contributed by atoms with Gasteiger partial charge in [0.1, 0.15) is 16.9 Å². The van der Waals surface area contributed by atoms with Gasteiger partial charge in [0.05, 0.1) is 18.4 Å². The number of hydrogen-bond donors (Lipinski definition) is 1. The van der Waals surface area contributed by atoms with Crippen molar-refractivity contribution in [1.29, 1.82) is 0 Å². The van der Waals surface area contributed by atoms with Gasteiger partial charge in [-0.1, -0.05) is 13.0 Å². The third-order valence-corrected chi connectivity index (χ3v) is 6.13. The summed E-state index contributed by atoms with van der Waals surface area (Å²) in [5, 5.41) is 0.482. The topological polar surface area (TPSA) is 93.5 Å². The molecule has 150 valence electrons. The largest absolute Gasteiger partial charge is 0.497 e. The van der Waals surface area contributed by atoms with Crippen LogP contribution in [0, 0.1) is 5.92 Å². The zero-order valence-corrected chi connectivity index (χ0v) is 16.9. The number of methoxy groups -OCH3 is 1. The Morgan fingerprint density at radius 1 is 1.34 bits per heavy atom. The summed E-state index contributed by atoms with van der Waals surface area (Å²) in [4.78, 5) is 45.3. The van der Waals surface area contributed by atoms with E-state index in [1.165, 1.54) is 17.7 Å². The van der Waals surface area contributed by atoms with Crippen LogP contribution in [-0.2, 0) is 16.0 Å². The lowest BCUT2D eigenvalue weighted by molar-refractivity contribution is -0.123. The summed E-state index contributed by atoms with van der Waals surface area (Å²) in [6.45, 7) is 2.25. The molecule has 1 N–H and O–H groups in total. The van der Waals surface area contributed by atoms with Crippen molar-refractivity contribution in [3.8, 4) is 5.75 Å². The Morgan fingerprint density at radius 2 is 2.17 bits per heavy atom. The normalized spacial score (nSPS) is 16.4. The molecule has 2 aromatic heterocycles. The second kappa shape index (κ2) is 7.67. The number of benzene rings is 1. The summed E-state index contributed by atoms with van der Waals surface area (Å²) < 4.78 is 6.29. The van der Waals surface area contributed by atoms with E-state index < -0.39 is 11.8 Å². The first-order valence-electron chi connectivity index (χ1n) is 9.25. The number of fused-ring (bicyclic) bond motifs is 1. The van der Waals surface area contributed by atoms with Crippen molar-refractivity contribution in [3.63, 3.8) is 0 Å². The maximum Gasteiger partial charge on any atom is 0.280 e. The SMILES string of the molecule is CCc1cc2c(=O)n(NC(=O)C3CC(=O)N(c4cccc(OC)c4)C3)cnc2s1. The van der Waals surface area contributed by atoms with Crippen molar-refractivity contribution in [3.05, 3.63) is 51.9 Å². The smallest absolute Gasteiger partial charge is 0.280 e. The van der Waals surface area contributed by atoms with Crippen LogP contribution >= 0.6 is 11.3 Å². The second-order valence-corrected chi connectivity index (χ2v) is 7.90. The number of hydrogen-bond acceptors (Lipinski definition) is 6. The van der Waals surface area contributed by atoms with E-state index in [0.29, 0.717) is 21.7 Å². The summed E-state index contributed by atoms with van der Waals surface area (Å²) >= 11 is 1.47. The fourth-order valence-electron chi connectivity index (χ4n) is 3.35. The lowest BCUT2D eigenvalue weighted by atomic mass is 10.1. The molecule has 0 bridgehead atoms. The number of amides is 2. The fraction of sp³-hybridized carbons (Fsp3) is 0.300. The Hall–Kier alpha value is -3.20. The van der Waals surface area contributed by atoms with Crippen molar-refractivity contribution in [1.82, 2.24) is 9.66 Å². The molecule has 3 heterocycles. The molecule has 2 amide bonds. The lowest BCUT2D eigenvalue weighted by Crippen LogP contribution is -2.37. The Bertz CT molecular complexity index is 1150. The molecule has 3 aromatic rings. The van der Waals surface area contributed by atoms with Gasteiger partial charge >= 0.3 is 0 Å². The van der Waals surface area contributed by atoms with Crippen LogP contribution in [0.15, 0.2) is 41.5 Å². The maximum absolute atomic E-state index is 12.7. The monoisotopic (exact) mass is 412 g/mol. The number of aromatic nitrogens is 2. The molecule has 1 aliphatic heterocycles. The number of anilines is 1. The number of nitrogens with one attached hydrogen (secondary N) is 1. The zero-order chi connectivity index (χ0) is 20.5. The number of nitrogens with zero attached hydrogens (tertiary/aromatic N) is 3. The van der Waals surface area contributed by atoms with E-state index in [1.807, 2.05) is 13.0 Å². The summed E-state index contributed by atoms with van der Waals surface area (Å²) in [6.07, 6.45) is 2.21. The van der Waals surface area contributed by atoms with E-state index >= 15 is 0 Å². The van der Waals surface area contributed by atoms with E-state index in [9.17, 15) is 14.4 Å². The molecule has 1 aromatic carbocycles. The highest BCUT2D eigenvalue weighted by atomic mass is 32.1. The molecule has 0 spiro atoms. The molecule has 0 radical (unpaired) electrons. The minimum Gasteiger partial charge on any atom is -0.497 e. The van der Waals surface area contributed by atoms with Gasteiger partial charge in [-0.3, -0.25) is 19.8 Å². The highest BCUT2D eigenvalue weighted by molar-refractivity contribution is 7.18. The third-order valence-electron chi connectivity index (χ3n) is 4.94. The van der Waals surface area contributed by atoms with Gasteiger partial charge in [0.25, 0.3) is 5.56 Å². The van der Waals surface area contributed by atoms with Gasteiger partial charge in [-0.15, -0.1) is 11.3 Å². The minimum atomic E-state index is -0.565. The first kappa shape index (κ1) is 19.1. The number of rotatable bonds is 5. The summed E-state index contributed by atoms with van der Waals surface area (Å²) in [5.41, 5.74) is 2.94. The number of carbonyl (C=O) groups excluding carboxylic acids is 2. The first-order valence-corrected chi connectivity index (χ1v) is 10.1. The average molecular weight is 412 g/mol. The fourth-order valence-corrected chi connectivity index (χ4v) is 4.27. The molecule has 1 saturated heterocycles. The predicted molar refractivity (Wildman–Crippen MR) is 111 cm³/mol. The standard InChI is InChI=1S/C20H20N4O4S/c1-3-15-9-16-19(29-15)21-11-24(20(16)27)22-18(26)12-7-17(25)23(10-12)13-5-4-6-14(8-13)28-2/h4-6,8-9,11-12H,3,7,10H2,1-2H3,(H,22,26). The highest BCUT2D eigenvalue weighted by Crippen LogP contribution is 2.28. The van der Waals surface area contributed by atoms with Crippen molar-refractivity contribution in [2.45, 2.75) is 19.8 Å². The van der Waals surface area contributed by atoms with Gasteiger partial charge in [0.2, 0.25) is 11.8 Å². The molecular formula is C20H20N4O4S. The van der Waals surface area contributed by atoms with Crippen LogP contribution in [0.5, 0.6) is 5.75 Å². The van der Waals surface area contributed by atoms with Crippen molar-refractivity contribution < 1.29 is 14.3 Å². The molecule has 1 unspecified atom stereocenters. The van der Waals surface area contributed by atoms with Gasteiger partial charge in [-0.25, -0.2) is 9.66 Å². The highest BCUT2D eigenvalue weighted by Gasteiger charge is 2.35. The number of aryl methyl sites for hydroxylation is 1. The molecular weight excluding hydrogens is 392 g/mol. The number of carbonyl (C=O) groups is 2. The summed E-state index contributed by atoms with van der Waals surface area (Å²) in [5.74, 6) is -0.469. The zero-order valence-electron chi connectivity index (χ0n) is 16.0. The van der Waals surface area contributed by atoms with Gasteiger partial charge in [-0.05, 0) is 24.6 Å². The molecule has 9 heteroatoms. The molecule has 8 nitrogen and oxygen atoms in total. The number of ether oxygens (including phenoxy) is 1. The van der Waals surface area contributed by atoms with Crippen LogP contribution in [0.3, 0.4) is 0 Å². The van der Waals surface area contributed by atoms with Crippen molar-refractivity contribution in [2.75, 3.05) is 24.0 Å². The van der Waals surface area contributed by atoms with Gasteiger partial charge in [-0.2, -0.15) is 0 Å². The van der Waals surface area contributed by atoms with Crippen LogP contribution < -0.4 is 20.6 Å². The van der Waals surface area contributed by atoms with Crippen LogP contribution in [0.2, 0.25) is 0 Å². The van der Waals surface area contributed by atoms with Gasteiger partial charge < -0.3 is 9.64 Å². The predicted octanol–water partition coefficient (Wildman–Crippen LogP) is 2.15. The second-order valence-electron chi connectivity index (χ2n) is 6.79. The quantitative estimate of drug-likeness (QED) is 0.693. The molecule has 1 aliphatic rings. The van der Waals surface area contributed by atoms with Crippen molar-refractivity contribution >= 4 is 39.1 Å². The van der Waals surface area contributed by atoms with E-state index in [1.54, 1.807) is 36.3 Å². The van der Waals surface area contributed by atoms with Crippen LogP contribution in [0.1, 0.15) is 18.2 Å². The molecule has 1 fully saturated rings. The Kier molecular flexibility index (Phi) is 5.06. The average Bonchev–Trinajstić information content (AvgIpc) is 3.34.